The van der Waals surface area contributed by atoms with Crippen molar-refractivity contribution < 1.29 is 56.7 Å². The molecule has 11 heteroatoms. The molecule has 0 aliphatic carbocycles. The number of carbonyl (C=O) groups is 2. The maximum absolute atomic E-state index is 11.1. The first-order valence-electron chi connectivity index (χ1n) is 30.9. The van der Waals surface area contributed by atoms with E-state index in [-0.39, 0.29) is 27.6 Å². The van der Waals surface area contributed by atoms with Crippen molar-refractivity contribution in [1.29, 1.82) is 0 Å². The first-order valence-corrected chi connectivity index (χ1v) is 30.9. The quantitative estimate of drug-likeness (QED) is 0.0113. The van der Waals surface area contributed by atoms with Crippen LogP contribution in [0.1, 0.15) is 264 Å². The number of unbranched alkanes of at least 4 members (excludes halogenated alkanes) is 14. The average Bonchev–Trinajstić information content (AvgIpc) is 3.45. The Morgan fingerprint density at radius 1 is 0.432 bits per heavy atom. The van der Waals surface area contributed by atoms with Crippen molar-refractivity contribution in [3.63, 3.8) is 0 Å². The molecule has 0 radical (unpaired) electrons. The number of phenolic OH excluding ortho intramolecular Hbond substituents is 2. The molecule has 0 aliphatic rings. The molecular formula is C70H102N2NiO8. The summed E-state index contributed by atoms with van der Waals surface area (Å²) in [5, 5.41) is 60.7. The molecule has 4 aromatic carbocycles. The minimum absolute atomic E-state index is 0. The van der Waals surface area contributed by atoms with E-state index in [0.717, 1.165) is 124 Å². The average molecular weight is 1160 g/mol. The summed E-state index contributed by atoms with van der Waals surface area (Å²) < 4.78 is 0. The van der Waals surface area contributed by atoms with Gasteiger partial charge in [0.05, 0.1) is 34.7 Å². The Morgan fingerprint density at radius 2 is 0.802 bits per heavy atom. The summed E-state index contributed by atoms with van der Waals surface area (Å²) >= 11 is 0. The van der Waals surface area contributed by atoms with Crippen molar-refractivity contribution in [3.05, 3.63) is 129 Å². The molecule has 10 nitrogen and oxygen atoms in total. The van der Waals surface area contributed by atoms with Crippen LogP contribution in [0.15, 0.2) is 95.0 Å². The van der Waals surface area contributed by atoms with E-state index in [1.54, 1.807) is 0 Å². The Bertz CT molecular complexity index is 2440. The van der Waals surface area contributed by atoms with Crippen LogP contribution in [-0.2, 0) is 55.0 Å². The molecule has 4 N–H and O–H groups in total. The fourth-order valence-electron chi connectivity index (χ4n) is 9.79. The molecule has 0 heterocycles. The zero-order valence-corrected chi connectivity index (χ0v) is 51.9. The topological polar surface area (TPSA) is 186 Å². The van der Waals surface area contributed by atoms with Gasteiger partial charge >= 0.3 is 16.5 Å². The predicted molar refractivity (Wildman–Crippen MR) is 332 cm³/mol. The third-order valence-electron chi connectivity index (χ3n) is 14.3. The number of para-hydroxylation sites is 2. The van der Waals surface area contributed by atoms with Gasteiger partial charge in [0.2, 0.25) is 0 Å². The van der Waals surface area contributed by atoms with Crippen LogP contribution in [0.25, 0.3) is 0 Å². The Kier molecular flexibility index (Phi) is 40.7. The van der Waals surface area contributed by atoms with E-state index in [2.05, 4.69) is 101 Å². The molecule has 0 bridgehead atoms. The van der Waals surface area contributed by atoms with E-state index in [9.17, 15) is 40.2 Å². The maximum atomic E-state index is 11.1. The molecule has 81 heavy (non-hydrogen) atoms. The molecule has 0 aliphatic heterocycles. The zero-order valence-electron chi connectivity index (χ0n) is 50.9. The van der Waals surface area contributed by atoms with Gasteiger partial charge in [-0.25, -0.2) is 0 Å². The second kappa shape index (κ2) is 44.9. The molecule has 0 aromatic heterocycles. The number of allylic oxidation sites excluding steroid dienone is 4. The Labute approximate surface area is 499 Å². The molecule has 4 rings (SSSR count). The van der Waals surface area contributed by atoms with E-state index in [1.165, 1.54) is 100 Å². The molecular weight excluding hydrogens is 1060 g/mol. The number of aryl methyl sites for hydroxylation is 4. The first-order chi connectivity index (χ1) is 38.7. The molecule has 0 fully saturated rings. The summed E-state index contributed by atoms with van der Waals surface area (Å²) in [5.41, 5.74) is 9.33. The van der Waals surface area contributed by atoms with Crippen LogP contribution >= 0.6 is 0 Å². The van der Waals surface area contributed by atoms with E-state index < -0.39 is 34.9 Å². The fourth-order valence-corrected chi connectivity index (χ4v) is 9.79. The molecule has 450 valence electrons. The number of phenols is 4. The van der Waals surface area contributed by atoms with Crippen LogP contribution in [0.5, 0.6) is 23.0 Å². The zero-order chi connectivity index (χ0) is 58.9. The normalized spacial score (nSPS) is 11.6. The number of nitrogens with zero attached hydrogens (tertiary/aromatic N) is 2. The van der Waals surface area contributed by atoms with E-state index in [0.29, 0.717) is 36.8 Å². The van der Waals surface area contributed by atoms with Gasteiger partial charge in [-0.3, -0.25) is 9.98 Å². The largest absolute Gasteiger partial charge is 2.00 e. The minimum Gasteiger partial charge on any atom is -0.545 e. The van der Waals surface area contributed by atoms with Gasteiger partial charge in [0.15, 0.2) is 23.0 Å². The van der Waals surface area contributed by atoms with Crippen LogP contribution in [0.3, 0.4) is 0 Å². The SMILES string of the molecule is CCCCCCC=CCCCc1ccccc1N=C(C)C(CCCCC)=Nc1ccccc1CCCC=CCCCCCC.CCCCc1c(CCC)cc(O)c(O)c1C(=O)[O-].CCCCc1c(CCC)cc(O)c(O)c1C(=O)[O-].[Ni+2]. The number of carbonyl (C=O) groups excluding carboxylic acids is 2. The number of benzene rings is 4. The number of hydrogen-bond acceptors (Lipinski definition) is 10. The number of carboxylic acids is 2. The van der Waals surface area contributed by atoms with Gasteiger partial charge in [-0.15, -0.1) is 0 Å². The standard InChI is InChI=1S/C42H64N2.2C14H20O4.Ni/c1-5-8-11-13-15-17-19-21-24-30-38-32-26-28-35-41(38)43-37(4)40(34-23-10-7-3)44-42-36-29-27-33-39(42)31-25-22-20-18-16-14-12-9-6-2;2*1-3-5-7-10-9(6-4-2)8-11(15)13(16)12(10)14(17)18;/h17-20,26-29,32-33,35-36H,5-16,21-25,30-31,34H2,1-4H3;2*8,15-16H,3-7H2,1-2H3,(H,17,18);/q;;;+2/p-2. The number of aromatic carboxylic acids is 2. The van der Waals surface area contributed by atoms with Crippen molar-refractivity contribution in [3.8, 4) is 23.0 Å². The summed E-state index contributed by atoms with van der Waals surface area (Å²) in [6.07, 6.45) is 41.7. The van der Waals surface area contributed by atoms with Gasteiger partial charge in [0.25, 0.3) is 0 Å². The van der Waals surface area contributed by atoms with E-state index in [4.69, 9.17) is 9.98 Å². The van der Waals surface area contributed by atoms with Crippen LogP contribution in [-0.4, -0.2) is 43.8 Å². The third-order valence-corrected chi connectivity index (χ3v) is 14.3. The van der Waals surface area contributed by atoms with Crippen LogP contribution in [0.2, 0.25) is 0 Å². The summed E-state index contributed by atoms with van der Waals surface area (Å²) in [4.78, 5) is 32.8. The number of aromatic hydroxyl groups is 4. The van der Waals surface area contributed by atoms with Gasteiger partial charge < -0.3 is 40.2 Å². The number of aliphatic imine (C=N–C) groups is 2. The van der Waals surface area contributed by atoms with Gasteiger partial charge in [-0.2, -0.15) is 0 Å². The van der Waals surface area contributed by atoms with E-state index in [1.807, 2.05) is 27.7 Å². The van der Waals surface area contributed by atoms with Gasteiger partial charge in [0.1, 0.15) is 0 Å². The fraction of sp³-hybridized carbons (Fsp3) is 0.543. The number of rotatable bonds is 37. The van der Waals surface area contributed by atoms with Crippen molar-refractivity contribution >= 4 is 34.7 Å². The smallest absolute Gasteiger partial charge is 0.545 e. The number of carboxylic acid groups (broad SMARTS) is 2. The monoisotopic (exact) mass is 1160 g/mol. The van der Waals surface area contributed by atoms with Crippen LogP contribution < -0.4 is 10.2 Å². The summed E-state index contributed by atoms with van der Waals surface area (Å²) in [5.74, 6) is -4.82. The van der Waals surface area contributed by atoms with Crippen molar-refractivity contribution in [2.75, 3.05) is 0 Å². The van der Waals surface area contributed by atoms with Crippen molar-refractivity contribution in [2.45, 2.75) is 248 Å². The second-order valence-electron chi connectivity index (χ2n) is 21.2. The summed E-state index contributed by atoms with van der Waals surface area (Å²) in [7, 11) is 0. The summed E-state index contributed by atoms with van der Waals surface area (Å²) in [6.45, 7) is 17.0. The first kappa shape index (κ1) is 73.3. The Morgan fingerprint density at radius 3 is 1.19 bits per heavy atom. The molecule has 0 atom stereocenters. The van der Waals surface area contributed by atoms with Gasteiger partial charge in [-0.05, 0) is 180 Å². The molecule has 0 unspecified atom stereocenters. The summed E-state index contributed by atoms with van der Waals surface area (Å²) in [6, 6.07) is 20.4. The van der Waals surface area contributed by atoms with E-state index >= 15 is 0 Å². The molecule has 4 aromatic rings. The third kappa shape index (κ3) is 28.3. The predicted octanol–water partition coefficient (Wildman–Crippen LogP) is 17.3. The van der Waals surface area contributed by atoms with Crippen molar-refractivity contribution in [1.82, 2.24) is 0 Å². The second-order valence-corrected chi connectivity index (χ2v) is 21.2. The Balaban J connectivity index is 0.000000724. The molecule has 0 saturated carbocycles. The molecule has 0 saturated heterocycles. The van der Waals surface area contributed by atoms with Crippen molar-refractivity contribution in [2.24, 2.45) is 9.98 Å². The number of hydrogen-bond donors (Lipinski definition) is 4. The van der Waals surface area contributed by atoms with Gasteiger partial charge in [-0.1, -0.05) is 186 Å². The minimum atomic E-state index is -1.44. The van der Waals surface area contributed by atoms with Gasteiger partial charge in [0, 0.05) is 11.1 Å². The van der Waals surface area contributed by atoms with Crippen LogP contribution in [0.4, 0.5) is 11.4 Å². The van der Waals surface area contributed by atoms with Crippen LogP contribution in [0, 0.1) is 0 Å². The Hall–Kier alpha value is -5.67. The maximum Gasteiger partial charge on any atom is 2.00 e. The molecule has 0 spiro atoms. The molecule has 0 amide bonds.